The number of benzene rings is 1. The van der Waals surface area contributed by atoms with E-state index >= 15 is 0 Å². The highest BCUT2D eigenvalue weighted by atomic mass is 32.2. The molecule has 1 aromatic carbocycles. The van der Waals surface area contributed by atoms with Gasteiger partial charge in [-0.25, -0.2) is 13.1 Å². The number of hydrogen-bond donors (Lipinski definition) is 2. The van der Waals surface area contributed by atoms with Crippen molar-refractivity contribution in [1.82, 2.24) is 15.0 Å². The molecule has 0 fully saturated rings. The normalized spacial score (nSPS) is 19.0. The Morgan fingerprint density at radius 3 is 2.88 bits per heavy atom. The van der Waals surface area contributed by atoms with Crippen molar-refractivity contribution in [2.24, 2.45) is 0 Å². The fourth-order valence-corrected chi connectivity index (χ4v) is 4.09. The first kappa shape index (κ1) is 18.0. The highest BCUT2D eigenvalue weighted by Gasteiger charge is 2.23. The highest BCUT2D eigenvalue weighted by Crippen LogP contribution is 2.30. The van der Waals surface area contributed by atoms with Crippen molar-refractivity contribution in [3.8, 4) is 0 Å². The van der Waals surface area contributed by atoms with Crippen molar-refractivity contribution in [3.05, 3.63) is 65.0 Å². The third-order valence-corrected chi connectivity index (χ3v) is 6.14. The Labute approximate surface area is 149 Å². The van der Waals surface area contributed by atoms with Gasteiger partial charge in [0.15, 0.2) is 0 Å². The minimum atomic E-state index is -3.24. The number of sulfonamides is 1. The average molecular weight is 359 g/mol. The maximum absolute atomic E-state index is 11.9. The molecular formula is C19H25N3O2S. The van der Waals surface area contributed by atoms with E-state index in [0.29, 0.717) is 0 Å². The quantitative estimate of drug-likeness (QED) is 0.861. The molecule has 134 valence electrons. The molecule has 0 radical (unpaired) electrons. The van der Waals surface area contributed by atoms with Crippen LogP contribution in [0.4, 0.5) is 0 Å². The predicted molar refractivity (Wildman–Crippen MR) is 99.9 cm³/mol. The molecule has 0 bridgehead atoms. The smallest absolute Gasteiger partial charge is 0.211 e. The number of nitrogens with one attached hydrogen (secondary N) is 2. The number of hydrogen-bond acceptors (Lipinski definition) is 4. The van der Waals surface area contributed by atoms with Gasteiger partial charge in [0, 0.05) is 12.2 Å². The van der Waals surface area contributed by atoms with Crippen LogP contribution in [-0.4, -0.2) is 25.7 Å². The van der Waals surface area contributed by atoms with Gasteiger partial charge in [0.1, 0.15) is 0 Å². The van der Waals surface area contributed by atoms with Gasteiger partial charge in [-0.15, -0.1) is 0 Å². The van der Waals surface area contributed by atoms with Crippen molar-refractivity contribution in [3.63, 3.8) is 0 Å². The molecule has 2 atom stereocenters. The molecule has 0 amide bonds. The molecule has 2 heterocycles. The van der Waals surface area contributed by atoms with Crippen LogP contribution in [0.5, 0.6) is 0 Å². The van der Waals surface area contributed by atoms with E-state index in [4.69, 9.17) is 0 Å². The lowest BCUT2D eigenvalue weighted by Gasteiger charge is -2.21. The van der Waals surface area contributed by atoms with Crippen molar-refractivity contribution in [1.29, 1.82) is 0 Å². The zero-order valence-corrected chi connectivity index (χ0v) is 15.5. The average Bonchev–Trinajstić information content (AvgIpc) is 2.84. The summed E-state index contributed by atoms with van der Waals surface area (Å²) in [6.07, 6.45) is 3.90. The van der Waals surface area contributed by atoms with E-state index in [1.807, 2.05) is 37.4 Å². The third-order valence-electron chi connectivity index (χ3n) is 4.67. The minimum Gasteiger partial charge on any atom is -0.305 e. The van der Waals surface area contributed by atoms with Gasteiger partial charge in [-0.05, 0) is 62.1 Å². The Kier molecular flexibility index (Phi) is 5.51. The van der Waals surface area contributed by atoms with E-state index in [9.17, 15) is 8.42 Å². The lowest BCUT2D eigenvalue weighted by molar-refractivity contribution is 0.567. The van der Waals surface area contributed by atoms with Crippen LogP contribution in [0.1, 0.15) is 54.7 Å². The molecule has 5 nitrogen and oxygen atoms in total. The second kappa shape index (κ2) is 7.64. The number of fused-ring (bicyclic) bond motifs is 1. The number of aryl methyl sites for hydroxylation is 1. The van der Waals surface area contributed by atoms with Gasteiger partial charge in [-0.2, -0.15) is 0 Å². The largest absolute Gasteiger partial charge is 0.305 e. The van der Waals surface area contributed by atoms with E-state index in [-0.39, 0.29) is 17.8 Å². The van der Waals surface area contributed by atoms with Gasteiger partial charge in [0.25, 0.3) is 0 Å². The fourth-order valence-electron chi connectivity index (χ4n) is 3.25. The van der Waals surface area contributed by atoms with E-state index < -0.39 is 10.0 Å². The van der Waals surface area contributed by atoms with Crippen molar-refractivity contribution in [2.75, 3.05) is 12.3 Å². The molecule has 0 spiro atoms. The molecule has 1 aliphatic heterocycles. The third kappa shape index (κ3) is 4.26. The van der Waals surface area contributed by atoms with Crippen molar-refractivity contribution >= 4 is 10.0 Å². The fraction of sp³-hybridized carbons (Fsp3) is 0.421. The van der Waals surface area contributed by atoms with Gasteiger partial charge >= 0.3 is 0 Å². The van der Waals surface area contributed by atoms with Crippen molar-refractivity contribution in [2.45, 2.75) is 38.8 Å². The number of nitrogens with zero attached hydrogens (tertiary/aromatic N) is 1. The second-order valence-corrected chi connectivity index (χ2v) is 8.49. The Morgan fingerprint density at radius 2 is 2.16 bits per heavy atom. The van der Waals surface area contributed by atoms with Gasteiger partial charge in [0.05, 0.1) is 17.5 Å². The molecule has 0 aliphatic carbocycles. The minimum absolute atomic E-state index is 0.0358. The van der Waals surface area contributed by atoms with Crippen LogP contribution in [0.25, 0.3) is 0 Å². The number of aromatic nitrogens is 1. The van der Waals surface area contributed by atoms with E-state index in [1.165, 1.54) is 11.1 Å². The molecule has 3 rings (SSSR count). The van der Waals surface area contributed by atoms with E-state index in [2.05, 4.69) is 27.2 Å². The van der Waals surface area contributed by atoms with Gasteiger partial charge in [-0.3, -0.25) is 4.98 Å². The standard InChI is InChI=1S/C19H25N3O2S/c1-3-25(23,24)22-14(2)16-10-9-15-7-6-12-21-19(17(15)13-16)18-8-4-5-11-20-18/h4-5,8-11,13-14,19,21-22H,3,6-7,12H2,1-2H3. The summed E-state index contributed by atoms with van der Waals surface area (Å²) in [5, 5.41) is 3.58. The lowest BCUT2D eigenvalue weighted by atomic mass is 9.93. The summed E-state index contributed by atoms with van der Waals surface area (Å²) in [4.78, 5) is 4.52. The molecule has 1 aromatic heterocycles. The maximum Gasteiger partial charge on any atom is 0.211 e. The summed E-state index contributed by atoms with van der Waals surface area (Å²) >= 11 is 0. The zero-order chi connectivity index (χ0) is 17.9. The summed E-state index contributed by atoms with van der Waals surface area (Å²) in [5.41, 5.74) is 4.45. The van der Waals surface area contributed by atoms with Crippen LogP contribution in [0, 0.1) is 0 Å². The first-order chi connectivity index (χ1) is 12.0. The molecule has 6 heteroatoms. The Balaban J connectivity index is 1.97. The first-order valence-corrected chi connectivity index (χ1v) is 10.4. The second-order valence-electron chi connectivity index (χ2n) is 6.45. The van der Waals surface area contributed by atoms with Crippen LogP contribution in [0.3, 0.4) is 0 Å². The molecule has 0 saturated carbocycles. The molecule has 25 heavy (non-hydrogen) atoms. The van der Waals surface area contributed by atoms with E-state index in [1.54, 1.807) is 6.92 Å². The summed E-state index contributed by atoms with van der Waals surface area (Å²) in [6, 6.07) is 12.0. The number of pyridine rings is 1. The Hall–Kier alpha value is -1.76. The molecule has 2 unspecified atom stereocenters. The molecular weight excluding hydrogens is 334 g/mol. The SMILES string of the molecule is CCS(=O)(=O)NC(C)c1ccc2c(c1)C(c1ccccn1)NCCC2. The molecule has 2 aromatic rings. The van der Waals surface area contributed by atoms with Gasteiger partial charge in [0.2, 0.25) is 10.0 Å². The summed E-state index contributed by atoms with van der Waals surface area (Å²) in [6.45, 7) is 4.46. The summed E-state index contributed by atoms with van der Waals surface area (Å²) < 4.78 is 26.5. The van der Waals surface area contributed by atoms with Crippen molar-refractivity contribution < 1.29 is 8.42 Å². The summed E-state index contributed by atoms with van der Waals surface area (Å²) in [7, 11) is -3.24. The molecule has 0 saturated heterocycles. The van der Waals surface area contributed by atoms with Crippen LogP contribution in [-0.2, 0) is 16.4 Å². The Morgan fingerprint density at radius 1 is 1.32 bits per heavy atom. The molecule has 2 N–H and O–H groups in total. The van der Waals surface area contributed by atoms with Crippen LogP contribution in [0.2, 0.25) is 0 Å². The summed E-state index contributed by atoms with van der Waals surface area (Å²) in [5.74, 6) is 0.0837. The Bertz CT molecular complexity index is 822. The molecule has 1 aliphatic rings. The zero-order valence-electron chi connectivity index (χ0n) is 14.7. The maximum atomic E-state index is 11.9. The lowest BCUT2D eigenvalue weighted by Crippen LogP contribution is -2.28. The van der Waals surface area contributed by atoms with Crippen LogP contribution in [0.15, 0.2) is 42.6 Å². The van der Waals surface area contributed by atoms with Gasteiger partial charge < -0.3 is 5.32 Å². The monoisotopic (exact) mass is 359 g/mol. The van der Waals surface area contributed by atoms with Gasteiger partial charge in [-0.1, -0.05) is 24.3 Å². The van der Waals surface area contributed by atoms with Crippen LogP contribution >= 0.6 is 0 Å². The topological polar surface area (TPSA) is 71.1 Å². The van der Waals surface area contributed by atoms with Crippen LogP contribution < -0.4 is 10.0 Å². The highest BCUT2D eigenvalue weighted by molar-refractivity contribution is 7.89. The predicted octanol–water partition coefficient (Wildman–Crippen LogP) is 2.71. The number of rotatable bonds is 5. The first-order valence-electron chi connectivity index (χ1n) is 8.77. The van der Waals surface area contributed by atoms with E-state index in [0.717, 1.165) is 30.6 Å².